The summed E-state index contributed by atoms with van der Waals surface area (Å²) in [6.07, 6.45) is 1.53. The molecule has 0 spiro atoms. The molecule has 0 saturated heterocycles. The van der Waals surface area contributed by atoms with Crippen LogP contribution in [0.1, 0.15) is 12.5 Å². The molecule has 2 N–H and O–H groups in total. The average molecular weight is 478 g/mol. The third kappa shape index (κ3) is 6.29. The highest BCUT2D eigenvalue weighted by molar-refractivity contribution is 6.35. The van der Waals surface area contributed by atoms with Gasteiger partial charge < -0.3 is 15.4 Å². The van der Waals surface area contributed by atoms with Crippen molar-refractivity contribution in [2.75, 3.05) is 23.9 Å². The minimum absolute atomic E-state index is 0.0459. The van der Waals surface area contributed by atoms with Crippen molar-refractivity contribution in [3.63, 3.8) is 0 Å². The highest BCUT2D eigenvalue weighted by Gasteiger charge is 2.21. The molecule has 168 valence electrons. The Kier molecular flexibility index (Phi) is 8.21. The van der Waals surface area contributed by atoms with Gasteiger partial charge in [0.25, 0.3) is 0 Å². The quantitative estimate of drug-likeness (QED) is 0.452. The first-order valence-corrected chi connectivity index (χ1v) is 10.5. The second-order valence-electron chi connectivity index (χ2n) is 6.95. The minimum Gasteiger partial charge on any atom is -0.383 e. The molecule has 7 nitrogen and oxygen atoms in total. The second kappa shape index (κ2) is 11.1. The van der Waals surface area contributed by atoms with E-state index in [9.17, 15) is 9.18 Å². The Morgan fingerprint density at radius 2 is 1.94 bits per heavy atom. The molecule has 3 rings (SSSR count). The van der Waals surface area contributed by atoms with E-state index in [1.807, 2.05) is 6.92 Å². The number of aromatic nitrogens is 2. The van der Waals surface area contributed by atoms with E-state index in [0.29, 0.717) is 39.7 Å². The molecule has 0 bridgehead atoms. The van der Waals surface area contributed by atoms with Crippen LogP contribution in [0.15, 0.2) is 54.7 Å². The number of nitrogens with zero attached hydrogens (tertiary/aromatic N) is 3. The fraction of sp³-hybridized carbons (Fsp3) is 0.227. The lowest BCUT2D eigenvalue weighted by Gasteiger charge is -2.23. The average Bonchev–Trinajstić information content (AvgIpc) is 2.75. The summed E-state index contributed by atoms with van der Waals surface area (Å²) in [6.45, 7) is 2.53. The number of hydrogen-bond donors (Lipinski definition) is 2. The Balaban J connectivity index is 1.87. The topological polar surface area (TPSA) is 79.4 Å². The molecule has 2 aromatic carbocycles. The van der Waals surface area contributed by atoms with Crippen LogP contribution in [0, 0.1) is 5.82 Å². The molecule has 0 aliphatic carbocycles. The normalized spacial score (nSPS) is 11.7. The van der Waals surface area contributed by atoms with Crippen molar-refractivity contribution in [1.29, 1.82) is 0 Å². The van der Waals surface area contributed by atoms with Crippen molar-refractivity contribution in [2.24, 2.45) is 0 Å². The van der Waals surface area contributed by atoms with Gasteiger partial charge in [-0.25, -0.2) is 19.1 Å². The number of urea groups is 1. The SMILES string of the molecule is COC[C@H](C)Nc1nccc(N(C(=O)NCc2ccc(Cl)cc2Cl)c2ccc(F)cc2)n1. The van der Waals surface area contributed by atoms with E-state index >= 15 is 0 Å². The van der Waals surface area contributed by atoms with Crippen molar-refractivity contribution in [3.8, 4) is 0 Å². The number of methoxy groups -OCH3 is 1. The molecule has 0 unspecified atom stereocenters. The molecule has 0 aliphatic heterocycles. The number of amides is 2. The van der Waals surface area contributed by atoms with E-state index in [2.05, 4.69) is 20.6 Å². The summed E-state index contributed by atoms with van der Waals surface area (Å²) in [6, 6.07) is 11.6. The van der Waals surface area contributed by atoms with Crippen LogP contribution in [-0.4, -0.2) is 35.8 Å². The lowest BCUT2D eigenvalue weighted by Crippen LogP contribution is -2.37. The van der Waals surface area contributed by atoms with E-state index in [1.54, 1.807) is 31.4 Å². The molecule has 0 fully saturated rings. The Hall–Kier alpha value is -2.94. The van der Waals surface area contributed by atoms with Gasteiger partial charge in [0.1, 0.15) is 11.6 Å². The highest BCUT2D eigenvalue weighted by atomic mass is 35.5. The van der Waals surface area contributed by atoms with E-state index in [0.717, 1.165) is 0 Å². The Labute approximate surface area is 195 Å². The number of carbonyl (C=O) groups excluding carboxylic acids is 1. The van der Waals surface area contributed by atoms with E-state index < -0.39 is 11.8 Å². The molecule has 32 heavy (non-hydrogen) atoms. The fourth-order valence-corrected chi connectivity index (χ4v) is 3.39. The number of hydrogen-bond acceptors (Lipinski definition) is 5. The molecular weight excluding hydrogens is 456 g/mol. The molecule has 0 saturated carbocycles. The number of ether oxygens (including phenoxy) is 1. The van der Waals surface area contributed by atoms with Gasteiger partial charge in [0.2, 0.25) is 5.95 Å². The predicted octanol–water partition coefficient (Wildman–Crippen LogP) is 5.42. The van der Waals surface area contributed by atoms with E-state index in [4.69, 9.17) is 27.9 Å². The van der Waals surface area contributed by atoms with Gasteiger partial charge in [-0.2, -0.15) is 4.98 Å². The van der Waals surface area contributed by atoms with Gasteiger partial charge in [-0.15, -0.1) is 0 Å². The van der Waals surface area contributed by atoms with Crippen LogP contribution in [0.2, 0.25) is 10.0 Å². The van der Waals surface area contributed by atoms with Gasteiger partial charge in [0.15, 0.2) is 0 Å². The number of anilines is 3. The zero-order valence-corrected chi connectivity index (χ0v) is 19.0. The fourth-order valence-electron chi connectivity index (χ4n) is 2.91. The minimum atomic E-state index is -0.475. The maximum atomic E-state index is 13.5. The smallest absolute Gasteiger partial charge is 0.327 e. The highest BCUT2D eigenvalue weighted by Crippen LogP contribution is 2.26. The van der Waals surface area contributed by atoms with Crippen molar-refractivity contribution < 1.29 is 13.9 Å². The summed E-state index contributed by atoms with van der Waals surface area (Å²) < 4.78 is 18.6. The summed E-state index contributed by atoms with van der Waals surface area (Å²) >= 11 is 12.1. The third-order valence-corrected chi connectivity index (χ3v) is 4.98. The predicted molar refractivity (Wildman–Crippen MR) is 124 cm³/mol. The van der Waals surface area contributed by atoms with Crippen LogP contribution in [-0.2, 0) is 11.3 Å². The molecule has 0 radical (unpaired) electrons. The van der Waals surface area contributed by atoms with Crippen LogP contribution in [0.25, 0.3) is 0 Å². The van der Waals surface area contributed by atoms with Crippen molar-refractivity contribution in [2.45, 2.75) is 19.5 Å². The maximum absolute atomic E-state index is 13.5. The van der Waals surface area contributed by atoms with Crippen molar-refractivity contribution in [1.82, 2.24) is 15.3 Å². The molecule has 1 heterocycles. The first kappa shape index (κ1) is 23.7. The summed E-state index contributed by atoms with van der Waals surface area (Å²) in [4.78, 5) is 23.1. The monoisotopic (exact) mass is 477 g/mol. The first-order chi connectivity index (χ1) is 15.4. The summed E-state index contributed by atoms with van der Waals surface area (Å²) in [5.41, 5.74) is 1.13. The van der Waals surface area contributed by atoms with Crippen molar-refractivity contribution >= 4 is 46.7 Å². The molecule has 10 heteroatoms. The summed E-state index contributed by atoms with van der Waals surface area (Å²) in [5.74, 6) is 0.214. The van der Waals surface area contributed by atoms with Gasteiger partial charge in [-0.05, 0) is 48.9 Å². The van der Waals surface area contributed by atoms with Gasteiger partial charge in [0.05, 0.1) is 12.3 Å². The van der Waals surface area contributed by atoms with Gasteiger partial charge in [-0.1, -0.05) is 29.3 Å². The van der Waals surface area contributed by atoms with E-state index in [1.165, 1.54) is 35.4 Å². The van der Waals surface area contributed by atoms with Gasteiger partial charge in [-0.3, -0.25) is 0 Å². The number of nitrogens with one attached hydrogen (secondary N) is 2. The molecule has 1 aromatic heterocycles. The molecular formula is C22H22Cl2FN5O2. The van der Waals surface area contributed by atoms with Crippen LogP contribution >= 0.6 is 23.2 Å². The van der Waals surface area contributed by atoms with Crippen LogP contribution in [0.4, 0.5) is 26.6 Å². The summed E-state index contributed by atoms with van der Waals surface area (Å²) in [5, 5.41) is 6.87. The third-order valence-electron chi connectivity index (χ3n) is 4.40. The number of halogens is 3. The van der Waals surface area contributed by atoms with Crippen molar-refractivity contribution in [3.05, 3.63) is 76.2 Å². The van der Waals surface area contributed by atoms with E-state index in [-0.39, 0.29) is 12.6 Å². The van der Waals surface area contributed by atoms with Crippen LogP contribution in [0.3, 0.4) is 0 Å². The number of rotatable bonds is 8. The zero-order chi connectivity index (χ0) is 23.1. The lowest BCUT2D eigenvalue weighted by molar-refractivity contribution is 0.190. The Morgan fingerprint density at radius 1 is 1.19 bits per heavy atom. The standard InChI is InChI=1S/C22H22Cl2FN5O2/c1-14(13-32-2)28-21-26-10-9-20(29-21)30(18-7-5-17(25)6-8-18)22(31)27-12-15-3-4-16(23)11-19(15)24/h3-11,14H,12-13H2,1-2H3,(H,27,31)(H,26,28,29)/t14-/m0/s1. The largest absolute Gasteiger partial charge is 0.383 e. The lowest BCUT2D eigenvalue weighted by atomic mass is 10.2. The number of benzene rings is 2. The summed E-state index contributed by atoms with van der Waals surface area (Å²) in [7, 11) is 1.60. The molecule has 0 aliphatic rings. The zero-order valence-electron chi connectivity index (χ0n) is 17.5. The van der Waals surface area contributed by atoms with Gasteiger partial charge in [0, 0.05) is 42.0 Å². The second-order valence-corrected chi connectivity index (χ2v) is 7.79. The van der Waals surface area contributed by atoms with Crippen LogP contribution in [0.5, 0.6) is 0 Å². The van der Waals surface area contributed by atoms with Crippen LogP contribution < -0.4 is 15.5 Å². The maximum Gasteiger partial charge on any atom is 0.327 e. The first-order valence-electron chi connectivity index (χ1n) is 9.73. The Morgan fingerprint density at radius 3 is 2.62 bits per heavy atom. The Bertz CT molecular complexity index is 1070. The number of carbonyl (C=O) groups is 1. The van der Waals surface area contributed by atoms with Gasteiger partial charge >= 0.3 is 6.03 Å². The molecule has 3 aromatic rings. The molecule has 1 atom stereocenters. The molecule has 2 amide bonds.